The molecule has 6 aromatic carbocycles. The zero-order valence-corrected chi connectivity index (χ0v) is 34.1. The lowest BCUT2D eigenvalue weighted by atomic mass is 9.93. The molecule has 0 aliphatic carbocycles. The van der Waals surface area contributed by atoms with E-state index in [-0.39, 0.29) is 0 Å². The Morgan fingerprint density at radius 1 is 0.483 bits per heavy atom. The second kappa shape index (κ2) is 19.4. The summed E-state index contributed by atoms with van der Waals surface area (Å²) >= 11 is 0. The third-order valence-corrected chi connectivity index (χ3v) is 11.4. The van der Waals surface area contributed by atoms with E-state index >= 15 is 0 Å². The molecule has 4 unspecified atom stereocenters. The fraction of sp³-hybridized carbons (Fsp3) is 0.320. The standard InChI is InChI=1S/C50H56N2O6/c1-51(2)49(41-29-7-5-8-30-41,35-17-15-23-39-27-19-25-37-21-11-13-33-43(37)39)57-47(55)45(53)46(54)48(56)58-50(52(3)4,42-31-9-6-10-32-42)36-18-16-24-40-28-20-26-38-22-12-14-34-44(38)40/h5-14,19-22,25-34,45-46,53-54H,15-18,23-24,35-36H2,1-4H3. The van der Waals surface area contributed by atoms with Gasteiger partial charge in [-0.2, -0.15) is 0 Å². The monoisotopic (exact) mass is 780 g/mol. The van der Waals surface area contributed by atoms with Gasteiger partial charge in [-0.3, -0.25) is 9.80 Å². The minimum absolute atomic E-state index is 0.407. The molecule has 0 aliphatic rings. The largest absolute Gasteiger partial charge is 0.437 e. The van der Waals surface area contributed by atoms with Crippen LogP contribution >= 0.6 is 0 Å². The van der Waals surface area contributed by atoms with Crippen molar-refractivity contribution < 1.29 is 29.3 Å². The molecule has 0 aromatic heterocycles. The predicted molar refractivity (Wildman–Crippen MR) is 231 cm³/mol. The Hall–Kier alpha value is -5.38. The first-order chi connectivity index (χ1) is 28.1. The van der Waals surface area contributed by atoms with Gasteiger partial charge in [-0.05, 0) is 99.4 Å². The molecule has 0 heterocycles. The predicted octanol–water partition coefficient (Wildman–Crippen LogP) is 8.76. The molecule has 8 heteroatoms. The molecule has 0 bridgehead atoms. The molecule has 0 fully saturated rings. The van der Waals surface area contributed by atoms with Crippen LogP contribution in [0.5, 0.6) is 0 Å². The van der Waals surface area contributed by atoms with Gasteiger partial charge in [0.2, 0.25) is 0 Å². The van der Waals surface area contributed by atoms with E-state index in [0.29, 0.717) is 36.8 Å². The second-order valence-corrected chi connectivity index (χ2v) is 15.5. The molecule has 0 saturated carbocycles. The van der Waals surface area contributed by atoms with Gasteiger partial charge in [0, 0.05) is 24.0 Å². The summed E-state index contributed by atoms with van der Waals surface area (Å²) < 4.78 is 12.4. The summed E-state index contributed by atoms with van der Waals surface area (Å²) in [6.07, 6.45) is 1.09. The van der Waals surface area contributed by atoms with Crippen molar-refractivity contribution in [2.45, 2.75) is 75.0 Å². The van der Waals surface area contributed by atoms with Gasteiger partial charge < -0.3 is 19.7 Å². The van der Waals surface area contributed by atoms with E-state index in [0.717, 1.165) is 25.7 Å². The average Bonchev–Trinajstić information content (AvgIpc) is 3.25. The van der Waals surface area contributed by atoms with Gasteiger partial charge in [0.1, 0.15) is 0 Å². The maximum atomic E-state index is 13.9. The fourth-order valence-electron chi connectivity index (χ4n) is 8.14. The van der Waals surface area contributed by atoms with E-state index in [2.05, 4.69) is 60.7 Å². The molecular weight excluding hydrogens is 725 g/mol. The molecule has 302 valence electrons. The van der Waals surface area contributed by atoms with E-state index in [1.54, 1.807) is 9.80 Å². The van der Waals surface area contributed by atoms with Crippen molar-refractivity contribution in [3.63, 3.8) is 0 Å². The van der Waals surface area contributed by atoms with Gasteiger partial charge in [-0.25, -0.2) is 9.59 Å². The quantitative estimate of drug-likeness (QED) is 0.0479. The second-order valence-electron chi connectivity index (χ2n) is 15.5. The summed E-state index contributed by atoms with van der Waals surface area (Å²) in [7, 11) is 7.25. The summed E-state index contributed by atoms with van der Waals surface area (Å²) in [4.78, 5) is 31.4. The van der Waals surface area contributed by atoms with Crippen LogP contribution in [-0.4, -0.2) is 72.4 Å². The number of carbonyl (C=O) groups excluding carboxylic acids is 2. The van der Waals surface area contributed by atoms with E-state index < -0.39 is 35.6 Å². The maximum absolute atomic E-state index is 13.9. The van der Waals surface area contributed by atoms with Crippen LogP contribution < -0.4 is 0 Å². The zero-order chi connectivity index (χ0) is 41.1. The Labute approximate surface area is 342 Å². The highest BCUT2D eigenvalue weighted by Crippen LogP contribution is 2.37. The highest BCUT2D eigenvalue weighted by atomic mass is 16.6. The molecule has 2 N–H and O–H groups in total. The first-order valence-corrected chi connectivity index (χ1v) is 20.3. The van der Waals surface area contributed by atoms with Crippen LogP contribution in [0.15, 0.2) is 146 Å². The van der Waals surface area contributed by atoms with Crippen molar-refractivity contribution in [1.82, 2.24) is 9.80 Å². The maximum Gasteiger partial charge on any atom is 0.340 e. The van der Waals surface area contributed by atoms with Crippen LogP contribution in [0.3, 0.4) is 0 Å². The van der Waals surface area contributed by atoms with Gasteiger partial charge in [0.25, 0.3) is 0 Å². The summed E-state index contributed by atoms with van der Waals surface area (Å²) in [5, 5.41) is 27.5. The number of aliphatic hydroxyl groups is 2. The fourth-order valence-corrected chi connectivity index (χ4v) is 8.14. The first kappa shape index (κ1) is 42.2. The van der Waals surface area contributed by atoms with Crippen molar-refractivity contribution in [2.75, 3.05) is 28.2 Å². The molecule has 0 aliphatic heterocycles. The number of rotatable bonds is 19. The Kier molecular flexibility index (Phi) is 14.1. The number of aliphatic hydroxyl groups excluding tert-OH is 2. The third-order valence-electron chi connectivity index (χ3n) is 11.4. The topological polar surface area (TPSA) is 99.5 Å². The van der Waals surface area contributed by atoms with E-state index in [4.69, 9.17) is 9.47 Å². The third kappa shape index (κ3) is 9.49. The van der Waals surface area contributed by atoms with Gasteiger partial charge in [-0.1, -0.05) is 146 Å². The van der Waals surface area contributed by atoms with Gasteiger partial charge in [-0.15, -0.1) is 0 Å². The molecule has 0 saturated heterocycles. The molecule has 4 atom stereocenters. The average molecular weight is 781 g/mol. The number of benzene rings is 6. The number of unbranched alkanes of at least 4 members (excludes halogenated alkanes) is 2. The number of fused-ring (bicyclic) bond motifs is 2. The molecule has 6 rings (SSSR count). The molecule has 6 aromatic rings. The van der Waals surface area contributed by atoms with Crippen molar-refractivity contribution in [2.24, 2.45) is 0 Å². The van der Waals surface area contributed by atoms with Crippen molar-refractivity contribution in [3.8, 4) is 0 Å². The molecule has 58 heavy (non-hydrogen) atoms. The molecule has 0 amide bonds. The highest BCUT2D eigenvalue weighted by Gasteiger charge is 2.45. The van der Waals surface area contributed by atoms with Crippen LogP contribution in [-0.2, 0) is 43.4 Å². The summed E-state index contributed by atoms with van der Waals surface area (Å²) in [6.45, 7) is 0. The first-order valence-electron chi connectivity index (χ1n) is 20.3. The summed E-state index contributed by atoms with van der Waals surface area (Å²) in [5.74, 6) is -2.25. The van der Waals surface area contributed by atoms with Crippen LogP contribution in [0.1, 0.15) is 60.8 Å². The zero-order valence-electron chi connectivity index (χ0n) is 34.1. The minimum atomic E-state index is -2.20. The Balaban J connectivity index is 1.16. The van der Waals surface area contributed by atoms with E-state index in [9.17, 15) is 19.8 Å². The summed E-state index contributed by atoms with van der Waals surface area (Å²) in [6, 6.07) is 48.0. The number of hydrogen-bond acceptors (Lipinski definition) is 8. The number of ether oxygens (including phenoxy) is 2. The van der Waals surface area contributed by atoms with Gasteiger partial charge in [0.15, 0.2) is 23.7 Å². The minimum Gasteiger partial charge on any atom is -0.437 e. The van der Waals surface area contributed by atoms with Crippen LogP contribution in [0.4, 0.5) is 0 Å². The van der Waals surface area contributed by atoms with Crippen LogP contribution in [0, 0.1) is 0 Å². The van der Waals surface area contributed by atoms with Crippen molar-refractivity contribution in [3.05, 3.63) is 168 Å². The van der Waals surface area contributed by atoms with Gasteiger partial charge >= 0.3 is 11.9 Å². The van der Waals surface area contributed by atoms with E-state index in [1.165, 1.54) is 32.7 Å². The Morgan fingerprint density at radius 3 is 1.21 bits per heavy atom. The number of nitrogens with zero attached hydrogens (tertiary/aromatic N) is 2. The number of esters is 2. The smallest absolute Gasteiger partial charge is 0.340 e. The normalized spacial score (nSPS) is 14.8. The van der Waals surface area contributed by atoms with Gasteiger partial charge in [0.05, 0.1) is 0 Å². The lowest BCUT2D eigenvalue weighted by Crippen LogP contribution is -2.52. The van der Waals surface area contributed by atoms with Crippen molar-refractivity contribution >= 4 is 33.5 Å². The van der Waals surface area contributed by atoms with Crippen molar-refractivity contribution in [1.29, 1.82) is 0 Å². The summed E-state index contributed by atoms with van der Waals surface area (Å²) in [5.41, 5.74) is 1.34. The van der Waals surface area contributed by atoms with E-state index in [1.807, 2.05) is 113 Å². The Bertz CT molecular complexity index is 2090. The number of carbonyl (C=O) groups is 2. The molecule has 0 spiro atoms. The van der Waals surface area contributed by atoms with Crippen LogP contribution in [0.25, 0.3) is 21.5 Å². The number of aryl methyl sites for hydroxylation is 2. The number of hydrogen-bond donors (Lipinski definition) is 2. The molecular formula is C50H56N2O6. The molecule has 0 radical (unpaired) electrons. The SMILES string of the molecule is CN(C)C(CCCCc1cccc2ccccc12)(OC(=O)C(O)C(O)C(=O)OC(CCCCc1cccc2ccccc12)(c1ccccc1)N(C)C)c1ccccc1. The molecule has 8 nitrogen and oxygen atoms in total. The van der Waals surface area contributed by atoms with Crippen LogP contribution in [0.2, 0.25) is 0 Å². The lowest BCUT2D eigenvalue weighted by molar-refractivity contribution is -0.212. The Morgan fingerprint density at radius 2 is 0.828 bits per heavy atom. The highest BCUT2D eigenvalue weighted by molar-refractivity contribution is 5.87. The lowest BCUT2D eigenvalue weighted by Gasteiger charge is -2.41.